The van der Waals surface area contributed by atoms with Gasteiger partial charge in [-0.25, -0.2) is 0 Å². The summed E-state index contributed by atoms with van der Waals surface area (Å²) in [7, 11) is 0. The predicted octanol–water partition coefficient (Wildman–Crippen LogP) is 3.44. The van der Waals surface area contributed by atoms with Crippen molar-refractivity contribution in [2.24, 2.45) is 5.73 Å². The summed E-state index contributed by atoms with van der Waals surface area (Å²) in [6.07, 6.45) is 9.10. The Morgan fingerprint density at radius 3 is 2.67 bits per heavy atom. The molecule has 2 nitrogen and oxygen atoms in total. The third-order valence-corrected chi connectivity index (χ3v) is 4.13. The first kappa shape index (κ1) is 11.7. The first-order valence-corrected chi connectivity index (χ1v) is 6.88. The van der Waals surface area contributed by atoms with E-state index in [1.165, 1.54) is 30.2 Å². The van der Waals surface area contributed by atoms with Gasteiger partial charge in [-0.05, 0) is 37.0 Å². The number of hydrogen-bond donors (Lipinski definition) is 1. The molecule has 0 amide bonds. The zero-order chi connectivity index (χ0) is 12.4. The second-order valence-corrected chi connectivity index (χ2v) is 5.59. The van der Waals surface area contributed by atoms with E-state index in [-0.39, 0.29) is 5.54 Å². The van der Waals surface area contributed by atoms with Gasteiger partial charge in [-0.1, -0.05) is 37.5 Å². The molecule has 1 heterocycles. The van der Waals surface area contributed by atoms with Crippen molar-refractivity contribution >= 4 is 10.9 Å². The maximum absolute atomic E-state index is 6.56. The average molecular weight is 240 g/mol. The van der Waals surface area contributed by atoms with E-state index in [0.29, 0.717) is 0 Å². The van der Waals surface area contributed by atoms with Gasteiger partial charge in [0.25, 0.3) is 0 Å². The highest BCUT2D eigenvalue weighted by atomic mass is 14.7. The minimum Gasteiger partial charge on any atom is -0.325 e. The molecule has 2 aromatic rings. The monoisotopic (exact) mass is 240 g/mol. The summed E-state index contributed by atoms with van der Waals surface area (Å²) in [5, 5.41) is 1.26. The third kappa shape index (κ3) is 2.25. The van der Waals surface area contributed by atoms with Crippen LogP contribution >= 0.6 is 0 Å². The molecule has 1 fully saturated rings. The Kier molecular flexibility index (Phi) is 3.04. The molecule has 0 radical (unpaired) electrons. The first-order chi connectivity index (χ1) is 8.77. The maximum Gasteiger partial charge on any atom is 0.0704 e. The van der Waals surface area contributed by atoms with Gasteiger partial charge in [0.05, 0.1) is 5.52 Å². The van der Waals surface area contributed by atoms with Gasteiger partial charge in [0.1, 0.15) is 0 Å². The van der Waals surface area contributed by atoms with Crippen molar-refractivity contribution in [3.05, 3.63) is 42.1 Å². The van der Waals surface area contributed by atoms with Crippen LogP contribution in [0.1, 0.15) is 37.7 Å². The van der Waals surface area contributed by atoms with Gasteiger partial charge in [0.15, 0.2) is 0 Å². The van der Waals surface area contributed by atoms with Crippen molar-refractivity contribution < 1.29 is 0 Å². The van der Waals surface area contributed by atoms with E-state index in [2.05, 4.69) is 29.2 Å². The molecule has 1 aromatic carbocycles. The number of pyridine rings is 1. The van der Waals surface area contributed by atoms with E-state index in [4.69, 9.17) is 5.73 Å². The highest BCUT2D eigenvalue weighted by Crippen LogP contribution is 2.30. The summed E-state index contributed by atoms with van der Waals surface area (Å²) in [4.78, 5) is 4.42. The molecule has 0 aliphatic heterocycles. The summed E-state index contributed by atoms with van der Waals surface area (Å²) in [6.45, 7) is 0. The predicted molar refractivity (Wildman–Crippen MR) is 75.5 cm³/mol. The van der Waals surface area contributed by atoms with E-state index in [9.17, 15) is 0 Å². The van der Waals surface area contributed by atoms with Crippen molar-refractivity contribution in [2.75, 3.05) is 0 Å². The minimum atomic E-state index is 0.00236. The lowest BCUT2D eigenvalue weighted by molar-refractivity contribution is 0.295. The van der Waals surface area contributed by atoms with Crippen molar-refractivity contribution in [3.63, 3.8) is 0 Å². The summed E-state index contributed by atoms with van der Waals surface area (Å²) >= 11 is 0. The molecular weight excluding hydrogens is 220 g/mol. The van der Waals surface area contributed by atoms with E-state index in [1.807, 2.05) is 12.3 Å². The maximum atomic E-state index is 6.56. The SMILES string of the molecule is NC1(Cc2ccnc3ccccc23)CCCCC1. The van der Waals surface area contributed by atoms with Crippen LogP contribution in [0.4, 0.5) is 0 Å². The van der Waals surface area contributed by atoms with Gasteiger partial charge in [-0.15, -0.1) is 0 Å². The Labute approximate surface area is 108 Å². The number of fused-ring (bicyclic) bond motifs is 1. The standard InChI is InChI=1S/C16H20N2/c17-16(9-4-1-5-10-16)12-13-8-11-18-15-7-3-2-6-14(13)15/h2-3,6-8,11H,1,4-5,9-10,12,17H2. The topological polar surface area (TPSA) is 38.9 Å². The van der Waals surface area contributed by atoms with Crippen molar-refractivity contribution in [2.45, 2.75) is 44.1 Å². The van der Waals surface area contributed by atoms with Gasteiger partial charge in [0.2, 0.25) is 0 Å². The zero-order valence-corrected chi connectivity index (χ0v) is 10.7. The highest BCUT2D eigenvalue weighted by molar-refractivity contribution is 5.81. The number of benzene rings is 1. The molecule has 18 heavy (non-hydrogen) atoms. The Hall–Kier alpha value is -1.41. The van der Waals surface area contributed by atoms with Crippen molar-refractivity contribution in [1.29, 1.82) is 0 Å². The number of nitrogens with zero attached hydrogens (tertiary/aromatic N) is 1. The average Bonchev–Trinajstić information content (AvgIpc) is 2.40. The molecule has 1 saturated carbocycles. The Morgan fingerprint density at radius 1 is 1.06 bits per heavy atom. The molecule has 2 heteroatoms. The summed E-state index contributed by atoms with van der Waals surface area (Å²) in [6, 6.07) is 10.5. The quantitative estimate of drug-likeness (QED) is 0.873. The van der Waals surface area contributed by atoms with E-state index in [0.717, 1.165) is 24.8 Å². The van der Waals surface area contributed by atoms with Crippen LogP contribution in [0.15, 0.2) is 36.5 Å². The van der Waals surface area contributed by atoms with Gasteiger partial charge in [-0.3, -0.25) is 4.98 Å². The van der Waals surface area contributed by atoms with E-state index >= 15 is 0 Å². The fourth-order valence-electron chi connectivity index (χ4n) is 3.12. The lowest BCUT2D eigenvalue weighted by atomic mass is 9.78. The first-order valence-electron chi connectivity index (χ1n) is 6.88. The van der Waals surface area contributed by atoms with Crippen LogP contribution in [-0.4, -0.2) is 10.5 Å². The minimum absolute atomic E-state index is 0.00236. The van der Waals surface area contributed by atoms with E-state index < -0.39 is 0 Å². The summed E-state index contributed by atoms with van der Waals surface area (Å²) < 4.78 is 0. The molecule has 0 bridgehead atoms. The van der Waals surface area contributed by atoms with Gasteiger partial charge in [-0.2, -0.15) is 0 Å². The Bertz CT molecular complexity index is 536. The summed E-state index contributed by atoms with van der Waals surface area (Å²) in [5.74, 6) is 0. The number of aromatic nitrogens is 1. The molecule has 94 valence electrons. The molecule has 3 rings (SSSR count). The Morgan fingerprint density at radius 2 is 1.83 bits per heavy atom. The normalized spacial score (nSPS) is 18.9. The van der Waals surface area contributed by atoms with Crippen LogP contribution in [0.5, 0.6) is 0 Å². The molecule has 0 atom stereocenters. The van der Waals surface area contributed by atoms with E-state index in [1.54, 1.807) is 0 Å². The molecule has 1 aromatic heterocycles. The fourth-order valence-corrected chi connectivity index (χ4v) is 3.12. The lowest BCUT2D eigenvalue weighted by Gasteiger charge is -2.33. The molecule has 0 spiro atoms. The number of para-hydroxylation sites is 1. The van der Waals surface area contributed by atoms with Crippen LogP contribution in [0.3, 0.4) is 0 Å². The smallest absolute Gasteiger partial charge is 0.0704 e. The molecule has 2 N–H and O–H groups in total. The largest absolute Gasteiger partial charge is 0.325 e. The number of nitrogens with two attached hydrogens (primary N) is 1. The van der Waals surface area contributed by atoms with Gasteiger partial charge < -0.3 is 5.73 Å². The van der Waals surface area contributed by atoms with Crippen LogP contribution in [0.25, 0.3) is 10.9 Å². The molecular formula is C16H20N2. The Balaban J connectivity index is 1.94. The summed E-state index contributed by atoms with van der Waals surface area (Å²) in [5.41, 5.74) is 8.99. The highest BCUT2D eigenvalue weighted by Gasteiger charge is 2.28. The zero-order valence-electron chi connectivity index (χ0n) is 10.7. The van der Waals surface area contributed by atoms with Crippen LogP contribution in [-0.2, 0) is 6.42 Å². The van der Waals surface area contributed by atoms with Crippen molar-refractivity contribution in [3.8, 4) is 0 Å². The van der Waals surface area contributed by atoms with Crippen LogP contribution in [0, 0.1) is 0 Å². The van der Waals surface area contributed by atoms with Crippen LogP contribution < -0.4 is 5.73 Å². The second-order valence-electron chi connectivity index (χ2n) is 5.59. The molecule has 1 aliphatic carbocycles. The fraction of sp³-hybridized carbons (Fsp3) is 0.438. The van der Waals surface area contributed by atoms with Crippen molar-refractivity contribution in [1.82, 2.24) is 4.98 Å². The molecule has 1 aliphatic rings. The third-order valence-electron chi connectivity index (χ3n) is 4.13. The van der Waals surface area contributed by atoms with Crippen LogP contribution in [0.2, 0.25) is 0 Å². The number of rotatable bonds is 2. The molecule has 0 saturated heterocycles. The van der Waals surface area contributed by atoms with Gasteiger partial charge in [0, 0.05) is 17.1 Å². The molecule has 0 unspecified atom stereocenters. The van der Waals surface area contributed by atoms with Gasteiger partial charge >= 0.3 is 0 Å². The lowest BCUT2D eigenvalue weighted by Crippen LogP contribution is -2.43. The number of hydrogen-bond acceptors (Lipinski definition) is 2. The second kappa shape index (κ2) is 4.69.